The molecule has 0 spiro atoms. The largest absolute Gasteiger partial charge is 0.456 e. The van der Waals surface area contributed by atoms with Gasteiger partial charge in [-0.1, -0.05) is 167 Å². The molecule has 0 amide bonds. The summed E-state index contributed by atoms with van der Waals surface area (Å²) < 4.78 is 6.94. The molecule has 2 aliphatic heterocycles. The van der Waals surface area contributed by atoms with Gasteiger partial charge in [-0.05, 0) is 108 Å². The number of rotatable bonds is 2. The van der Waals surface area contributed by atoms with Crippen LogP contribution in [0.4, 0.5) is 28.4 Å². The fourth-order valence-corrected chi connectivity index (χ4v) is 10.8. The molecule has 0 saturated carbocycles. The Balaban J connectivity index is 1.33. The molecule has 0 fully saturated rings. The zero-order chi connectivity index (χ0) is 42.5. The first-order valence-corrected chi connectivity index (χ1v) is 22.1. The number of benzene rings is 7. The van der Waals surface area contributed by atoms with Crippen LogP contribution in [0.15, 0.2) is 138 Å². The maximum Gasteiger partial charge on any atom is 0.333 e. The molecule has 302 valence electrons. The summed E-state index contributed by atoms with van der Waals surface area (Å²) in [5.74, 6) is 0. The molecule has 0 unspecified atom stereocenters. The zero-order valence-electron chi connectivity index (χ0n) is 37.6. The molecule has 0 saturated heterocycles. The van der Waals surface area contributed by atoms with Gasteiger partial charge in [0.2, 0.25) is 0 Å². The van der Waals surface area contributed by atoms with Gasteiger partial charge in [0.15, 0.2) is 0 Å². The Hall–Kier alpha value is -6.00. The quantitative estimate of drug-likeness (QED) is 0.163. The van der Waals surface area contributed by atoms with E-state index in [2.05, 4.69) is 219 Å². The fraction of sp³-hybridized carbons (Fsp3) is 0.263. The van der Waals surface area contributed by atoms with Gasteiger partial charge < -0.3 is 14.1 Å². The molecule has 1 aliphatic carbocycles. The van der Waals surface area contributed by atoms with Crippen LogP contribution in [0.1, 0.15) is 104 Å². The van der Waals surface area contributed by atoms with Crippen molar-refractivity contribution < 1.29 is 4.42 Å². The molecule has 61 heavy (non-hydrogen) atoms. The van der Waals surface area contributed by atoms with Crippen LogP contribution >= 0.6 is 0 Å². The second kappa shape index (κ2) is 12.5. The lowest BCUT2D eigenvalue weighted by molar-refractivity contribution is 0.590. The predicted octanol–water partition coefficient (Wildman–Crippen LogP) is 14.5. The number of fused-ring (bicyclic) bond motifs is 12. The van der Waals surface area contributed by atoms with Crippen molar-refractivity contribution >= 4 is 68.1 Å². The van der Waals surface area contributed by atoms with Crippen LogP contribution in [-0.4, -0.2) is 6.85 Å². The second-order valence-corrected chi connectivity index (χ2v) is 21.4. The minimum atomic E-state index is -0.251. The van der Waals surface area contributed by atoms with E-state index < -0.39 is 0 Å². The van der Waals surface area contributed by atoms with Gasteiger partial charge in [-0.25, -0.2) is 0 Å². The summed E-state index contributed by atoms with van der Waals surface area (Å²) >= 11 is 0. The average molecular weight is 795 g/mol. The zero-order valence-corrected chi connectivity index (χ0v) is 37.6. The van der Waals surface area contributed by atoms with Crippen molar-refractivity contribution in [2.75, 3.05) is 9.71 Å². The van der Waals surface area contributed by atoms with E-state index in [1.165, 1.54) is 83.4 Å². The second-order valence-electron chi connectivity index (χ2n) is 21.4. The Morgan fingerprint density at radius 1 is 0.525 bits per heavy atom. The lowest BCUT2D eigenvalue weighted by atomic mass is 9.42. The van der Waals surface area contributed by atoms with Crippen molar-refractivity contribution in [2.45, 2.75) is 97.8 Å². The lowest BCUT2D eigenvalue weighted by Gasteiger charge is -2.47. The number of anilines is 5. The predicted molar refractivity (Wildman–Crippen MR) is 261 cm³/mol. The number of hydrogen-bond acceptors (Lipinski definition) is 3. The van der Waals surface area contributed by atoms with Gasteiger partial charge in [0.25, 0.3) is 0 Å². The Labute approximate surface area is 362 Å². The van der Waals surface area contributed by atoms with E-state index in [9.17, 15) is 0 Å². The van der Waals surface area contributed by atoms with Gasteiger partial charge in [-0.3, -0.25) is 0 Å². The lowest BCUT2D eigenvalue weighted by Crippen LogP contribution is -2.62. The van der Waals surface area contributed by atoms with Gasteiger partial charge in [-0.15, -0.1) is 0 Å². The summed E-state index contributed by atoms with van der Waals surface area (Å²) in [4.78, 5) is 5.26. The third-order valence-corrected chi connectivity index (χ3v) is 14.1. The molecule has 1 aromatic heterocycles. The summed E-state index contributed by atoms with van der Waals surface area (Å²) in [6.07, 6.45) is 0. The number of furan rings is 1. The van der Waals surface area contributed by atoms with E-state index in [4.69, 9.17) is 4.42 Å². The van der Waals surface area contributed by atoms with Crippen molar-refractivity contribution in [2.24, 2.45) is 0 Å². The van der Waals surface area contributed by atoms with Crippen LogP contribution in [0.2, 0.25) is 0 Å². The molecule has 4 heteroatoms. The number of para-hydroxylation sites is 1. The van der Waals surface area contributed by atoms with E-state index in [0.717, 1.165) is 27.9 Å². The molecule has 0 bridgehead atoms. The van der Waals surface area contributed by atoms with E-state index in [1.807, 2.05) is 0 Å². The molecule has 0 N–H and O–H groups in total. The Kier molecular flexibility index (Phi) is 7.80. The van der Waals surface area contributed by atoms with Crippen LogP contribution in [0.25, 0.3) is 44.2 Å². The third-order valence-electron chi connectivity index (χ3n) is 14.1. The number of hydrogen-bond donors (Lipinski definition) is 0. The van der Waals surface area contributed by atoms with Gasteiger partial charge in [0, 0.05) is 56.3 Å². The molecule has 3 heterocycles. The Bertz CT molecular complexity index is 3110. The highest BCUT2D eigenvalue weighted by atomic mass is 16.3. The van der Waals surface area contributed by atoms with E-state index in [0.29, 0.717) is 0 Å². The molecule has 3 aliphatic rings. The fourth-order valence-electron chi connectivity index (χ4n) is 10.8. The van der Waals surface area contributed by atoms with Crippen LogP contribution in [0, 0.1) is 0 Å². The highest BCUT2D eigenvalue weighted by Crippen LogP contribution is 2.59. The van der Waals surface area contributed by atoms with E-state index >= 15 is 0 Å². The Morgan fingerprint density at radius 2 is 1.11 bits per heavy atom. The molecular weight excluding hydrogens is 739 g/mol. The average Bonchev–Trinajstić information content (AvgIpc) is 3.71. The maximum absolute atomic E-state index is 6.94. The molecule has 0 atom stereocenters. The van der Waals surface area contributed by atoms with Crippen molar-refractivity contribution in [1.82, 2.24) is 0 Å². The van der Waals surface area contributed by atoms with Gasteiger partial charge in [-0.2, -0.15) is 0 Å². The summed E-state index contributed by atoms with van der Waals surface area (Å²) in [6, 6.07) is 50.9. The SMILES string of the molecule is CC(C)(C)c1ccc(N2B3c4cc(C(C)(C)C)ccc4N(c4ccc(C(C)(C)C)cc4)c4cc5oc6ccccc6c5c(c43)-c3ccc4c(c32)C(C)(C)c2ccccc2-4)cc1. The topological polar surface area (TPSA) is 19.6 Å². The van der Waals surface area contributed by atoms with Crippen molar-refractivity contribution in [3.05, 3.63) is 161 Å². The monoisotopic (exact) mass is 794 g/mol. The van der Waals surface area contributed by atoms with Crippen LogP contribution in [-0.2, 0) is 21.7 Å². The van der Waals surface area contributed by atoms with E-state index in [1.54, 1.807) is 0 Å². The first-order valence-electron chi connectivity index (χ1n) is 22.1. The molecule has 3 nitrogen and oxygen atoms in total. The van der Waals surface area contributed by atoms with Gasteiger partial charge in [0.05, 0.1) is 0 Å². The minimum Gasteiger partial charge on any atom is -0.456 e. The highest BCUT2D eigenvalue weighted by molar-refractivity contribution is 6.94. The summed E-state index contributed by atoms with van der Waals surface area (Å²) in [5.41, 5.74) is 22.1. The van der Waals surface area contributed by atoms with Crippen LogP contribution in [0.5, 0.6) is 0 Å². The molecule has 0 radical (unpaired) electrons. The molecular formula is C57H55BN2O. The maximum atomic E-state index is 6.94. The standard InChI is InChI=1S/C57H55BN2O/c1-54(2,3)34-20-25-37(26-21-34)59-45-31-24-36(56(7,8)9)32-44(45)58-52-46(59)33-48-49(41-17-13-15-19-47(41)61-48)50(52)42-30-29-40-39-16-12-14-18-43(39)57(10,11)51(40)53(42)60(58)38-27-22-35(23-28-38)55(4,5)6/h12-33H,1-11H3. The van der Waals surface area contributed by atoms with Gasteiger partial charge >= 0.3 is 6.85 Å². The van der Waals surface area contributed by atoms with E-state index in [-0.39, 0.29) is 28.5 Å². The van der Waals surface area contributed by atoms with Gasteiger partial charge in [0.1, 0.15) is 11.2 Å². The molecule has 7 aromatic carbocycles. The summed E-state index contributed by atoms with van der Waals surface area (Å²) in [7, 11) is 0. The number of nitrogens with zero attached hydrogens (tertiary/aromatic N) is 2. The van der Waals surface area contributed by atoms with Crippen LogP contribution in [0.3, 0.4) is 0 Å². The molecule has 8 aromatic rings. The Morgan fingerprint density at radius 3 is 1.79 bits per heavy atom. The summed E-state index contributed by atoms with van der Waals surface area (Å²) in [6.45, 7) is 25.5. The minimum absolute atomic E-state index is 0.0268. The first kappa shape index (κ1) is 38.0. The van der Waals surface area contributed by atoms with Crippen molar-refractivity contribution in [3.8, 4) is 22.3 Å². The van der Waals surface area contributed by atoms with Crippen LogP contribution < -0.4 is 20.6 Å². The first-order chi connectivity index (χ1) is 28.9. The molecule has 11 rings (SSSR count). The smallest absolute Gasteiger partial charge is 0.333 e. The van der Waals surface area contributed by atoms with Crippen molar-refractivity contribution in [1.29, 1.82) is 0 Å². The summed E-state index contributed by atoms with van der Waals surface area (Å²) in [5, 5.41) is 2.34. The normalized spacial score (nSPS) is 15.2. The highest BCUT2D eigenvalue weighted by Gasteiger charge is 2.50. The van der Waals surface area contributed by atoms with Crippen molar-refractivity contribution in [3.63, 3.8) is 0 Å². The third kappa shape index (κ3) is 5.43.